The molecule has 1 rings (SSSR count). The zero-order chi connectivity index (χ0) is 11.6. The molecule has 0 spiro atoms. The van der Waals surface area contributed by atoms with Crippen LogP contribution in [0.1, 0.15) is 29.2 Å². The van der Waals surface area contributed by atoms with Crippen molar-refractivity contribution in [2.45, 2.75) is 39.7 Å². The SMILES string of the molecule is Cc1cc(C)c(CC(C)(N)CO)cc1C. The van der Waals surface area contributed by atoms with Crippen molar-refractivity contribution in [1.29, 1.82) is 0 Å². The number of nitrogens with two attached hydrogens (primary N) is 1. The topological polar surface area (TPSA) is 46.2 Å². The minimum Gasteiger partial charge on any atom is -0.394 e. The molecule has 0 aliphatic rings. The summed E-state index contributed by atoms with van der Waals surface area (Å²) in [5, 5.41) is 9.15. The first-order valence-electron chi connectivity index (χ1n) is 5.32. The van der Waals surface area contributed by atoms with E-state index in [2.05, 4.69) is 32.9 Å². The van der Waals surface area contributed by atoms with Crippen molar-refractivity contribution >= 4 is 0 Å². The smallest absolute Gasteiger partial charge is 0.0611 e. The molecule has 2 nitrogen and oxygen atoms in total. The van der Waals surface area contributed by atoms with E-state index in [4.69, 9.17) is 10.8 Å². The zero-order valence-electron chi connectivity index (χ0n) is 10.1. The van der Waals surface area contributed by atoms with Crippen molar-refractivity contribution < 1.29 is 5.11 Å². The van der Waals surface area contributed by atoms with Crippen molar-refractivity contribution in [2.24, 2.45) is 5.73 Å². The van der Waals surface area contributed by atoms with Crippen LogP contribution in [-0.2, 0) is 6.42 Å². The van der Waals surface area contributed by atoms with Crippen LogP contribution in [0.4, 0.5) is 0 Å². The Morgan fingerprint density at radius 2 is 1.67 bits per heavy atom. The molecule has 0 heterocycles. The molecule has 1 unspecified atom stereocenters. The highest BCUT2D eigenvalue weighted by atomic mass is 16.3. The third-order valence-corrected chi connectivity index (χ3v) is 2.91. The van der Waals surface area contributed by atoms with Crippen molar-refractivity contribution in [3.63, 3.8) is 0 Å². The molecular formula is C13H21NO. The maximum absolute atomic E-state index is 9.15. The van der Waals surface area contributed by atoms with Gasteiger partial charge in [0, 0.05) is 5.54 Å². The van der Waals surface area contributed by atoms with Crippen LogP contribution in [0.2, 0.25) is 0 Å². The largest absolute Gasteiger partial charge is 0.394 e. The summed E-state index contributed by atoms with van der Waals surface area (Å²) in [7, 11) is 0. The number of rotatable bonds is 3. The minimum atomic E-state index is -0.521. The second-order valence-corrected chi connectivity index (χ2v) is 4.85. The Bertz CT molecular complexity index is 356. The van der Waals surface area contributed by atoms with Gasteiger partial charge >= 0.3 is 0 Å². The molecule has 0 fully saturated rings. The van der Waals surface area contributed by atoms with Gasteiger partial charge in [-0.25, -0.2) is 0 Å². The van der Waals surface area contributed by atoms with Crippen LogP contribution in [0, 0.1) is 20.8 Å². The molecule has 0 saturated carbocycles. The zero-order valence-corrected chi connectivity index (χ0v) is 10.1. The Morgan fingerprint density at radius 1 is 1.13 bits per heavy atom. The molecule has 2 heteroatoms. The summed E-state index contributed by atoms with van der Waals surface area (Å²) in [6.07, 6.45) is 0.719. The maximum Gasteiger partial charge on any atom is 0.0611 e. The van der Waals surface area contributed by atoms with E-state index in [1.807, 2.05) is 6.92 Å². The first-order valence-corrected chi connectivity index (χ1v) is 5.32. The van der Waals surface area contributed by atoms with Crippen LogP contribution in [0.25, 0.3) is 0 Å². The van der Waals surface area contributed by atoms with E-state index in [-0.39, 0.29) is 6.61 Å². The predicted molar refractivity (Wildman–Crippen MR) is 64.0 cm³/mol. The Balaban J connectivity index is 3.01. The molecular weight excluding hydrogens is 186 g/mol. The fourth-order valence-corrected chi connectivity index (χ4v) is 1.70. The van der Waals surface area contributed by atoms with Crippen molar-refractivity contribution in [3.8, 4) is 0 Å². The van der Waals surface area contributed by atoms with Gasteiger partial charge in [0.2, 0.25) is 0 Å². The molecule has 84 valence electrons. The molecule has 1 atom stereocenters. The van der Waals surface area contributed by atoms with Gasteiger partial charge in [0.25, 0.3) is 0 Å². The van der Waals surface area contributed by atoms with Crippen LogP contribution in [0.15, 0.2) is 12.1 Å². The van der Waals surface area contributed by atoms with Gasteiger partial charge in [0.05, 0.1) is 6.61 Å². The van der Waals surface area contributed by atoms with Gasteiger partial charge in [-0.3, -0.25) is 0 Å². The maximum atomic E-state index is 9.15. The molecule has 0 saturated heterocycles. The standard InChI is InChI=1S/C13H21NO/c1-9-5-11(3)12(6-10(9)2)7-13(4,14)8-15/h5-6,15H,7-8,14H2,1-4H3. The third kappa shape index (κ3) is 3.05. The summed E-state index contributed by atoms with van der Waals surface area (Å²) in [6, 6.07) is 4.35. The Labute approximate surface area is 92.1 Å². The average molecular weight is 207 g/mol. The number of aryl methyl sites for hydroxylation is 3. The van der Waals surface area contributed by atoms with Gasteiger partial charge in [0.1, 0.15) is 0 Å². The summed E-state index contributed by atoms with van der Waals surface area (Å²) in [6.45, 7) is 8.20. The molecule has 0 bridgehead atoms. The molecule has 0 aliphatic carbocycles. The number of aliphatic hydroxyl groups is 1. The highest BCUT2D eigenvalue weighted by Crippen LogP contribution is 2.19. The van der Waals surface area contributed by atoms with Crippen LogP contribution >= 0.6 is 0 Å². The Morgan fingerprint density at radius 3 is 2.20 bits per heavy atom. The molecule has 0 aromatic heterocycles. The minimum absolute atomic E-state index is 0.0133. The lowest BCUT2D eigenvalue weighted by molar-refractivity contribution is 0.208. The second kappa shape index (κ2) is 4.33. The normalized spacial score (nSPS) is 15.1. The van der Waals surface area contributed by atoms with Gasteiger partial charge in [-0.15, -0.1) is 0 Å². The van der Waals surface area contributed by atoms with Crippen LogP contribution in [-0.4, -0.2) is 17.3 Å². The molecule has 1 aromatic carbocycles. The van der Waals surface area contributed by atoms with E-state index in [1.165, 1.54) is 22.3 Å². The van der Waals surface area contributed by atoms with Gasteiger partial charge in [-0.2, -0.15) is 0 Å². The van der Waals surface area contributed by atoms with Crippen LogP contribution < -0.4 is 5.73 Å². The van der Waals surface area contributed by atoms with Crippen molar-refractivity contribution in [3.05, 3.63) is 34.4 Å². The lowest BCUT2D eigenvalue weighted by atomic mass is 9.90. The fraction of sp³-hybridized carbons (Fsp3) is 0.538. The lowest BCUT2D eigenvalue weighted by Gasteiger charge is -2.23. The quantitative estimate of drug-likeness (QED) is 0.794. The molecule has 0 amide bonds. The van der Waals surface area contributed by atoms with E-state index in [0.29, 0.717) is 0 Å². The average Bonchev–Trinajstić information content (AvgIpc) is 2.14. The highest BCUT2D eigenvalue weighted by molar-refractivity contribution is 5.37. The first-order chi connectivity index (χ1) is 6.85. The van der Waals surface area contributed by atoms with E-state index in [0.717, 1.165) is 6.42 Å². The molecule has 0 aliphatic heterocycles. The van der Waals surface area contributed by atoms with E-state index in [1.54, 1.807) is 0 Å². The first kappa shape index (κ1) is 12.2. The number of aliphatic hydroxyl groups excluding tert-OH is 1. The van der Waals surface area contributed by atoms with E-state index in [9.17, 15) is 0 Å². The number of hydrogen-bond acceptors (Lipinski definition) is 2. The fourth-order valence-electron chi connectivity index (χ4n) is 1.70. The van der Waals surface area contributed by atoms with Crippen LogP contribution in [0.3, 0.4) is 0 Å². The molecule has 1 aromatic rings. The van der Waals surface area contributed by atoms with Gasteiger partial charge in [-0.1, -0.05) is 12.1 Å². The third-order valence-electron chi connectivity index (χ3n) is 2.91. The Kier molecular flexibility index (Phi) is 3.53. The second-order valence-electron chi connectivity index (χ2n) is 4.85. The summed E-state index contributed by atoms with van der Waals surface area (Å²) >= 11 is 0. The summed E-state index contributed by atoms with van der Waals surface area (Å²) in [5.41, 5.74) is 10.5. The monoisotopic (exact) mass is 207 g/mol. The number of hydrogen-bond donors (Lipinski definition) is 2. The van der Waals surface area contributed by atoms with E-state index < -0.39 is 5.54 Å². The summed E-state index contributed by atoms with van der Waals surface area (Å²) in [4.78, 5) is 0. The number of benzene rings is 1. The van der Waals surface area contributed by atoms with Gasteiger partial charge in [-0.05, 0) is 56.4 Å². The van der Waals surface area contributed by atoms with Gasteiger partial charge < -0.3 is 10.8 Å². The predicted octanol–water partition coefficient (Wildman–Crippen LogP) is 1.86. The van der Waals surface area contributed by atoms with Crippen molar-refractivity contribution in [2.75, 3.05) is 6.61 Å². The van der Waals surface area contributed by atoms with Crippen molar-refractivity contribution in [1.82, 2.24) is 0 Å². The summed E-state index contributed by atoms with van der Waals surface area (Å²) in [5.74, 6) is 0. The molecule has 0 radical (unpaired) electrons. The lowest BCUT2D eigenvalue weighted by Crippen LogP contribution is -2.42. The molecule has 15 heavy (non-hydrogen) atoms. The molecule has 3 N–H and O–H groups in total. The summed E-state index contributed by atoms with van der Waals surface area (Å²) < 4.78 is 0. The Hall–Kier alpha value is -0.860. The van der Waals surface area contributed by atoms with Crippen LogP contribution in [0.5, 0.6) is 0 Å². The highest BCUT2D eigenvalue weighted by Gasteiger charge is 2.18. The van der Waals surface area contributed by atoms with Gasteiger partial charge in [0.15, 0.2) is 0 Å². The van der Waals surface area contributed by atoms with E-state index >= 15 is 0 Å².